The number of hydrogen-bond donors (Lipinski definition) is 3. The number of fused-ring (bicyclic) bond motifs is 1. The molecule has 1 aliphatic rings. The summed E-state index contributed by atoms with van der Waals surface area (Å²) in [4.78, 5) is 33.8. The first-order chi connectivity index (χ1) is 17.8. The SMILES string of the molecule is COc1cc(Cc2cnc(N)nc2N)cc(/C=C/C(=O)C(C)(C=O)C2NN=Cc3ccccc32)c1OC. The van der Waals surface area contributed by atoms with Crippen LogP contribution in [-0.4, -0.2) is 42.5 Å². The standard InChI is InChI=1S/C27H28N6O4/c1-27(15-34,24-20-7-5-4-6-18(20)14-31-33-24)22(35)9-8-17-10-16(12-21(36-2)23(17)37-3)11-19-13-30-26(29)32-25(19)28/h4-10,12-15,24,33H,11H2,1-3H3,(H4,28,29,30,32)/b9-8+. The van der Waals surface area contributed by atoms with Crippen LogP contribution in [0.2, 0.25) is 0 Å². The van der Waals surface area contributed by atoms with Crippen molar-refractivity contribution in [2.75, 3.05) is 25.7 Å². The predicted molar refractivity (Wildman–Crippen MR) is 141 cm³/mol. The van der Waals surface area contributed by atoms with Crippen molar-refractivity contribution < 1.29 is 19.1 Å². The van der Waals surface area contributed by atoms with Crippen molar-refractivity contribution in [3.05, 3.63) is 76.5 Å². The second kappa shape index (κ2) is 10.5. The van der Waals surface area contributed by atoms with Gasteiger partial charge in [0, 0.05) is 23.7 Å². The number of benzene rings is 2. The number of nitrogens with two attached hydrogens (primary N) is 2. The van der Waals surface area contributed by atoms with Gasteiger partial charge >= 0.3 is 0 Å². The van der Waals surface area contributed by atoms with E-state index in [9.17, 15) is 9.59 Å². The number of hydrogen-bond acceptors (Lipinski definition) is 10. The van der Waals surface area contributed by atoms with Gasteiger partial charge in [0.1, 0.15) is 17.5 Å². The Morgan fingerprint density at radius 1 is 1.19 bits per heavy atom. The van der Waals surface area contributed by atoms with Crippen molar-refractivity contribution in [1.82, 2.24) is 15.4 Å². The Morgan fingerprint density at radius 2 is 1.97 bits per heavy atom. The van der Waals surface area contributed by atoms with E-state index < -0.39 is 17.2 Å². The highest BCUT2D eigenvalue weighted by molar-refractivity contribution is 6.08. The minimum atomic E-state index is -1.41. The van der Waals surface area contributed by atoms with Gasteiger partial charge in [0.05, 0.1) is 26.5 Å². The van der Waals surface area contributed by atoms with E-state index in [-0.39, 0.29) is 11.8 Å². The molecule has 2 atom stereocenters. The van der Waals surface area contributed by atoms with E-state index in [0.717, 1.165) is 16.7 Å². The number of carbonyl (C=O) groups excluding carboxylic acids is 2. The van der Waals surface area contributed by atoms with Crippen LogP contribution in [0.1, 0.15) is 40.8 Å². The van der Waals surface area contributed by atoms with E-state index >= 15 is 0 Å². The zero-order valence-electron chi connectivity index (χ0n) is 20.8. The normalized spacial score (nSPS) is 15.9. The molecule has 0 amide bonds. The summed E-state index contributed by atoms with van der Waals surface area (Å²) in [5, 5.41) is 4.15. The van der Waals surface area contributed by atoms with Crippen LogP contribution < -0.4 is 26.4 Å². The van der Waals surface area contributed by atoms with Crippen molar-refractivity contribution in [2.45, 2.75) is 19.4 Å². The van der Waals surface area contributed by atoms with E-state index in [4.69, 9.17) is 20.9 Å². The van der Waals surface area contributed by atoms with Crippen LogP contribution in [0.15, 0.2) is 53.8 Å². The fourth-order valence-corrected chi connectivity index (χ4v) is 4.28. The maximum Gasteiger partial charge on any atom is 0.221 e. The van der Waals surface area contributed by atoms with Crippen molar-refractivity contribution in [2.24, 2.45) is 10.5 Å². The molecular weight excluding hydrogens is 472 g/mol. The third-order valence-electron chi connectivity index (χ3n) is 6.38. The summed E-state index contributed by atoms with van der Waals surface area (Å²) in [6.07, 6.45) is 7.27. The lowest BCUT2D eigenvalue weighted by Crippen LogP contribution is -2.42. The molecule has 0 saturated carbocycles. The lowest BCUT2D eigenvalue weighted by atomic mass is 9.75. The Morgan fingerprint density at radius 3 is 2.68 bits per heavy atom. The Kier molecular flexibility index (Phi) is 7.19. The van der Waals surface area contributed by atoms with Crippen molar-refractivity contribution in [3.8, 4) is 11.5 Å². The van der Waals surface area contributed by atoms with E-state index in [2.05, 4.69) is 20.5 Å². The number of rotatable bonds is 9. The number of aldehydes is 1. The molecule has 0 radical (unpaired) electrons. The van der Waals surface area contributed by atoms with Gasteiger partial charge in [-0.05, 0) is 47.9 Å². The van der Waals surface area contributed by atoms with Gasteiger partial charge in [0.15, 0.2) is 17.3 Å². The average Bonchev–Trinajstić information content (AvgIpc) is 2.92. The zero-order valence-corrected chi connectivity index (χ0v) is 20.8. The molecule has 190 valence electrons. The Labute approximate surface area is 214 Å². The molecule has 0 aliphatic carbocycles. The van der Waals surface area contributed by atoms with Crippen LogP contribution in [0.3, 0.4) is 0 Å². The number of ketones is 1. The van der Waals surface area contributed by atoms with Gasteiger partial charge < -0.3 is 31.2 Å². The third kappa shape index (κ3) is 4.99. The molecule has 2 aromatic carbocycles. The van der Waals surface area contributed by atoms with Crippen LogP contribution in [-0.2, 0) is 16.0 Å². The molecule has 10 nitrogen and oxygen atoms in total. The van der Waals surface area contributed by atoms with E-state index in [1.807, 2.05) is 36.4 Å². The molecule has 3 aromatic rings. The van der Waals surface area contributed by atoms with Crippen LogP contribution >= 0.6 is 0 Å². The van der Waals surface area contributed by atoms with Crippen LogP contribution in [0, 0.1) is 5.41 Å². The summed E-state index contributed by atoms with van der Waals surface area (Å²) >= 11 is 0. The molecule has 1 aliphatic heterocycles. The first-order valence-corrected chi connectivity index (χ1v) is 11.5. The van der Waals surface area contributed by atoms with Gasteiger partial charge in [-0.2, -0.15) is 10.1 Å². The quantitative estimate of drug-likeness (QED) is 0.228. The second-order valence-corrected chi connectivity index (χ2v) is 8.78. The van der Waals surface area contributed by atoms with Crippen molar-refractivity contribution in [1.29, 1.82) is 0 Å². The summed E-state index contributed by atoms with van der Waals surface area (Å²) in [7, 11) is 3.04. The number of nitrogens with zero attached hydrogens (tertiary/aromatic N) is 3. The molecule has 2 unspecified atom stereocenters. The summed E-state index contributed by atoms with van der Waals surface area (Å²) in [6.45, 7) is 1.60. The van der Waals surface area contributed by atoms with Crippen LogP contribution in [0.5, 0.6) is 11.5 Å². The number of carbonyl (C=O) groups is 2. The first kappa shape index (κ1) is 25.4. The number of methoxy groups -OCH3 is 2. The highest BCUT2D eigenvalue weighted by atomic mass is 16.5. The van der Waals surface area contributed by atoms with E-state index in [1.54, 1.807) is 25.4 Å². The van der Waals surface area contributed by atoms with Gasteiger partial charge in [-0.1, -0.05) is 24.3 Å². The predicted octanol–water partition coefficient (Wildman–Crippen LogP) is 2.71. The topological polar surface area (TPSA) is 155 Å². The van der Waals surface area contributed by atoms with Gasteiger partial charge in [-0.3, -0.25) is 4.79 Å². The molecule has 0 spiro atoms. The third-order valence-corrected chi connectivity index (χ3v) is 6.38. The fraction of sp³-hybridized carbons (Fsp3) is 0.222. The first-order valence-electron chi connectivity index (χ1n) is 11.5. The Bertz CT molecular complexity index is 1400. The monoisotopic (exact) mass is 500 g/mol. The fourth-order valence-electron chi connectivity index (χ4n) is 4.28. The lowest BCUT2D eigenvalue weighted by molar-refractivity contribution is -0.132. The number of hydrazone groups is 1. The van der Waals surface area contributed by atoms with Gasteiger partial charge in [0.25, 0.3) is 0 Å². The molecule has 10 heteroatoms. The highest BCUT2D eigenvalue weighted by Gasteiger charge is 2.42. The maximum atomic E-state index is 13.5. The van der Waals surface area contributed by atoms with Crippen molar-refractivity contribution >= 4 is 36.1 Å². The average molecular weight is 501 g/mol. The number of nitrogens with one attached hydrogen (secondary N) is 1. The zero-order chi connectivity index (χ0) is 26.6. The molecule has 1 aromatic heterocycles. The number of anilines is 2. The molecule has 2 heterocycles. The Balaban J connectivity index is 1.68. The smallest absolute Gasteiger partial charge is 0.221 e. The summed E-state index contributed by atoms with van der Waals surface area (Å²) in [6, 6.07) is 10.5. The molecule has 5 N–H and O–H groups in total. The molecule has 0 fully saturated rings. The molecular formula is C27H28N6O4. The number of aromatic nitrogens is 2. The Hall–Kier alpha value is -4.73. The van der Waals surface area contributed by atoms with Crippen LogP contribution in [0.4, 0.5) is 11.8 Å². The van der Waals surface area contributed by atoms with E-state index in [1.165, 1.54) is 20.3 Å². The maximum absolute atomic E-state index is 13.5. The minimum Gasteiger partial charge on any atom is -0.493 e. The molecule has 0 saturated heterocycles. The molecule has 37 heavy (non-hydrogen) atoms. The number of ether oxygens (including phenoxy) is 2. The van der Waals surface area contributed by atoms with Gasteiger partial charge in [-0.25, -0.2) is 4.98 Å². The number of nitrogen functional groups attached to an aromatic ring is 2. The second-order valence-electron chi connectivity index (χ2n) is 8.78. The molecule has 4 rings (SSSR count). The molecule has 0 bridgehead atoms. The summed E-state index contributed by atoms with van der Waals surface area (Å²) in [5.41, 5.74) is 16.9. The number of allylic oxidation sites excluding steroid dienone is 1. The summed E-state index contributed by atoms with van der Waals surface area (Å²) in [5.74, 6) is 0.885. The minimum absolute atomic E-state index is 0.0923. The largest absolute Gasteiger partial charge is 0.493 e. The van der Waals surface area contributed by atoms with Crippen LogP contribution in [0.25, 0.3) is 6.08 Å². The summed E-state index contributed by atoms with van der Waals surface area (Å²) < 4.78 is 11.1. The van der Waals surface area contributed by atoms with Gasteiger partial charge in [0.2, 0.25) is 5.95 Å². The van der Waals surface area contributed by atoms with Gasteiger partial charge in [-0.15, -0.1) is 0 Å². The highest BCUT2D eigenvalue weighted by Crippen LogP contribution is 2.38. The lowest BCUT2D eigenvalue weighted by Gasteiger charge is -2.33. The van der Waals surface area contributed by atoms with Crippen molar-refractivity contribution in [3.63, 3.8) is 0 Å². The van der Waals surface area contributed by atoms with E-state index in [0.29, 0.717) is 35.3 Å².